The molecular weight excluding hydrogens is 190 g/mol. The fraction of sp³-hybridized carbons (Fsp3) is 0.833. The van der Waals surface area contributed by atoms with Gasteiger partial charge in [0.25, 0.3) is 0 Å². The van der Waals surface area contributed by atoms with Crippen molar-refractivity contribution in [3.05, 3.63) is 0 Å². The van der Waals surface area contributed by atoms with Crippen LogP contribution in [0.15, 0.2) is 0 Å². The normalized spacial score (nSPS) is 31.0. The van der Waals surface area contributed by atoms with Gasteiger partial charge in [-0.05, 0) is 25.2 Å². The highest BCUT2D eigenvalue weighted by Crippen LogP contribution is 2.29. The Hall–Kier alpha value is -0.860. The molecule has 0 bridgehead atoms. The molecule has 0 aliphatic heterocycles. The van der Waals surface area contributed by atoms with E-state index in [1.165, 1.54) is 19.8 Å². The van der Waals surface area contributed by atoms with Crippen molar-refractivity contribution < 1.29 is 9.59 Å². The zero-order valence-electron chi connectivity index (χ0n) is 9.88. The largest absolute Gasteiger partial charge is 0.353 e. The molecule has 3 heteroatoms. The van der Waals surface area contributed by atoms with Crippen LogP contribution in [-0.2, 0) is 9.59 Å². The van der Waals surface area contributed by atoms with Gasteiger partial charge in [-0.2, -0.15) is 0 Å². The van der Waals surface area contributed by atoms with Gasteiger partial charge in [-0.1, -0.05) is 26.7 Å². The van der Waals surface area contributed by atoms with Gasteiger partial charge in [0, 0.05) is 6.04 Å². The number of Topliss-reactive ketones (excluding diaryl/α,β-unsaturated/α-hetero) is 1. The smallest absolute Gasteiger partial charge is 0.227 e. The maximum Gasteiger partial charge on any atom is 0.227 e. The van der Waals surface area contributed by atoms with Crippen molar-refractivity contribution in [2.75, 3.05) is 0 Å². The SMILES string of the molecule is CC(=O)CC(=O)N[C@@H]1CCC[C@H](C)[C@@H]1C. The van der Waals surface area contributed by atoms with Gasteiger partial charge in [0.2, 0.25) is 5.91 Å². The Morgan fingerprint density at radius 3 is 2.53 bits per heavy atom. The van der Waals surface area contributed by atoms with E-state index in [0.29, 0.717) is 11.8 Å². The first-order chi connectivity index (χ1) is 7.00. The van der Waals surface area contributed by atoms with Crippen LogP contribution >= 0.6 is 0 Å². The summed E-state index contributed by atoms with van der Waals surface area (Å²) in [4.78, 5) is 22.2. The molecule has 3 nitrogen and oxygen atoms in total. The number of carbonyl (C=O) groups excluding carboxylic acids is 2. The van der Waals surface area contributed by atoms with Gasteiger partial charge in [0.15, 0.2) is 0 Å². The van der Waals surface area contributed by atoms with E-state index in [-0.39, 0.29) is 24.2 Å². The zero-order valence-corrected chi connectivity index (χ0v) is 9.88. The number of ketones is 1. The summed E-state index contributed by atoms with van der Waals surface area (Å²) in [5.41, 5.74) is 0. The fourth-order valence-corrected chi connectivity index (χ4v) is 2.27. The molecule has 0 spiro atoms. The van der Waals surface area contributed by atoms with E-state index in [9.17, 15) is 9.59 Å². The van der Waals surface area contributed by atoms with Crippen LogP contribution in [0.4, 0.5) is 0 Å². The summed E-state index contributed by atoms with van der Waals surface area (Å²) in [6.45, 7) is 5.86. The predicted octanol–water partition coefficient (Wildman–Crippen LogP) is 1.91. The molecule has 0 aromatic carbocycles. The molecule has 1 rings (SSSR count). The van der Waals surface area contributed by atoms with E-state index in [2.05, 4.69) is 19.2 Å². The molecule has 0 radical (unpaired) electrons. The minimum Gasteiger partial charge on any atom is -0.353 e. The van der Waals surface area contributed by atoms with Gasteiger partial charge in [-0.3, -0.25) is 9.59 Å². The van der Waals surface area contributed by atoms with E-state index in [1.54, 1.807) is 0 Å². The van der Waals surface area contributed by atoms with Crippen molar-refractivity contribution in [1.29, 1.82) is 0 Å². The Labute approximate surface area is 91.6 Å². The van der Waals surface area contributed by atoms with Crippen molar-refractivity contribution >= 4 is 11.7 Å². The Morgan fingerprint density at radius 1 is 1.27 bits per heavy atom. The van der Waals surface area contributed by atoms with Gasteiger partial charge in [-0.15, -0.1) is 0 Å². The number of nitrogens with one attached hydrogen (secondary N) is 1. The summed E-state index contributed by atoms with van der Waals surface area (Å²) in [5.74, 6) is 1.01. The Bertz CT molecular complexity index is 250. The molecular formula is C12H21NO2. The molecule has 0 aromatic heterocycles. The standard InChI is InChI=1S/C12H21NO2/c1-8-5-4-6-11(10(8)3)13-12(15)7-9(2)14/h8,10-11H,4-7H2,1-3H3,(H,13,15)/t8-,10-,11+/m0/s1. The molecule has 3 atom stereocenters. The van der Waals surface area contributed by atoms with Crippen molar-refractivity contribution in [1.82, 2.24) is 5.32 Å². The van der Waals surface area contributed by atoms with Gasteiger partial charge in [0.05, 0.1) is 6.42 Å². The summed E-state index contributed by atoms with van der Waals surface area (Å²) in [6, 6.07) is 0.264. The molecule has 1 aliphatic carbocycles. The lowest BCUT2D eigenvalue weighted by Gasteiger charge is -2.34. The molecule has 15 heavy (non-hydrogen) atoms. The number of hydrogen-bond acceptors (Lipinski definition) is 2. The monoisotopic (exact) mass is 211 g/mol. The van der Waals surface area contributed by atoms with Crippen molar-refractivity contribution in [3.8, 4) is 0 Å². The van der Waals surface area contributed by atoms with Crippen LogP contribution in [0.25, 0.3) is 0 Å². The molecule has 1 fully saturated rings. The number of rotatable bonds is 3. The third-order valence-electron chi connectivity index (χ3n) is 3.46. The van der Waals surface area contributed by atoms with Crippen LogP contribution in [0, 0.1) is 11.8 Å². The van der Waals surface area contributed by atoms with Crippen molar-refractivity contribution in [2.24, 2.45) is 11.8 Å². The van der Waals surface area contributed by atoms with Crippen LogP contribution in [0.2, 0.25) is 0 Å². The van der Waals surface area contributed by atoms with Crippen LogP contribution in [0.5, 0.6) is 0 Å². The molecule has 1 amide bonds. The first kappa shape index (κ1) is 12.2. The minimum absolute atomic E-state index is 0.0254. The number of amides is 1. The third-order valence-corrected chi connectivity index (χ3v) is 3.46. The van der Waals surface area contributed by atoms with E-state index in [0.717, 1.165) is 6.42 Å². The maximum atomic E-state index is 11.4. The summed E-state index contributed by atoms with van der Waals surface area (Å²) in [5, 5.41) is 2.97. The molecule has 1 aliphatic rings. The Balaban J connectivity index is 2.43. The lowest BCUT2D eigenvalue weighted by Crippen LogP contribution is -2.44. The molecule has 86 valence electrons. The van der Waals surface area contributed by atoms with Gasteiger partial charge in [0.1, 0.15) is 5.78 Å². The van der Waals surface area contributed by atoms with E-state index in [1.807, 2.05) is 0 Å². The first-order valence-electron chi connectivity index (χ1n) is 5.79. The van der Waals surface area contributed by atoms with Crippen LogP contribution in [0.3, 0.4) is 0 Å². The summed E-state index contributed by atoms with van der Waals surface area (Å²) in [6.07, 6.45) is 3.50. The Morgan fingerprint density at radius 2 is 1.93 bits per heavy atom. The summed E-state index contributed by atoms with van der Waals surface area (Å²) >= 11 is 0. The quantitative estimate of drug-likeness (QED) is 0.725. The predicted molar refractivity (Wildman–Crippen MR) is 59.4 cm³/mol. The van der Waals surface area contributed by atoms with Crippen LogP contribution in [0.1, 0.15) is 46.5 Å². The average Bonchev–Trinajstić information content (AvgIpc) is 2.11. The van der Waals surface area contributed by atoms with Crippen molar-refractivity contribution in [3.63, 3.8) is 0 Å². The molecule has 0 unspecified atom stereocenters. The first-order valence-corrected chi connectivity index (χ1v) is 5.79. The zero-order chi connectivity index (χ0) is 11.4. The maximum absolute atomic E-state index is 11.4. The Kier molecular flexibility index (Phi) is 4.30. The highest BCUT2D eigenvalue weighted by Gasteiger charge is 2.28. The van der Waals surface area contributed by atoms with Crippen molar-refractivity contribution in [2.45, 2.75) is 52.5 Å². The molecule has 0 aromatic rings. The number of carbonyl (C=O) groups is 2. The lowest BCUT2D eigenvalue weighted by atomic mass is 9.78. The second kappa shape index (κ2) is 5.29. The fourth-order valence-electron chi connectivity index (χ4n) is 2.27. The second-order valence-electron chi connectivity index (χ2n) is 4.82. The third kappa shape index (κ3) is 3.65. The van der Waals surface area contributed by atoms with Gasteiger partial charge < -0.3 is 5.32 Å². The van der Waals surface area contributed by atoms with E-state index < -0.39 is 0 Å². The molecule has 1 N–H and O–H groups in total. The van der Waals surface area contributed by atoms with E-state index in [4.69, 9.17) is 0 Å². The highest BCUT2D eigenvalue weighted by molar-refractivity contribution is 5.96. The summed E-state index contributed by atoms with van der Waals surface area (Å²) < 4.78 is 0. The average molecular weight is 211 g/mol. The molecule has 0 saturated heterocycles. The molecule has 1 saturated carbocycles. The number of hydrogen-bond donors (Lipinski definition) is 1. The highest BCUT2D eigenvalue weighted by atomic mass is 16.2. The minimum atomic E-state index is -0.117. The van der Waals surface area contributed by atoms with Crippen LogP contribution in [-0.4, -0.2) is 17.7 Å². The molecule has 0 heterocycles. The lowest BCUT2D eigenvalue weighted by molar-refractivity contribution is -0.128. The van der Waals surface area contributed by atoms with Gasteiger partial charge >= 0.3 is 0 Å². The van der Waals surface area contributed by atoms with E-state index >= 15 is 0 Å². The van der Waals surface area contributed by atoms with Crippen LogP contribution < -0.4 is 5.32 Å². The topological polar surface area (TPSA) is 46.2 Å². The summed E-state index contributed by atoms with van der Waals surface area (Å²) in [7, 11) is 0. The second-order valence-corrected chi connectivity index (χ2v) is 4.82. The van der Waals surface area contributed by atoms with Gasteiger partial charge in [-0.25, -0.2) is 0 Å².